The number of ketones is 1. The smallest absolute Gasteiger partial charge is 0.295 e. The first-order valence-corrected chi connectivity index (χ1v) is 12.0. The molecule has 2 atom stereocenters. The first-order valence-electron chi connectivity index (χ1n) is 12.0. The van der Waals surface area contributed by atoms with E-state index in [9.17, 15) is 14.7 Å². The predicted molar refractivity (Wildman–Crippen MR) is 131 cm³/mol. The molecule has 184 valence electrons. The van der Waals surface area contributed by atoms with Gasteiger partial charge in [0.2, 0.25) is 5.78 Å². The van der Waals surface area contributed by atoms with E-state index in [4.69, 9.17) is 9.47 Å². The van der Waals surface area contributed by atoms with E-state index in [2.05, 4.69) is 6.58 Å². The summed E-state index contributed by atoms with van der Waals surface area (Å²) < 4.78 is 11.4. The molecule has 0 spiro atoms. The van der Waals surface area contributed by atoms with Crippen molar-refractivity contribution < 1.29 is 29.1 Å². The Bertz CT molecular complexity index is 1170. The second kappa shape index (κ2) is 10.4. The van der Waals surface area contributed by atoms with Crippen LogP contribution in [0.25, 0.3) is 5.76 Å². The Morgan fingerprint density at radius 1 is 1.26 bits per heavy atom. The van der Waals surface area contributed by atoms with Gasteiger partial charge >= 0.3 is 0 Å². The van der Waals surface area contributed by atoms with Gasteiger partial charge in [-0.3, -0.25) is 9.59 Å². The second-order valence-corrected chi connectivity index (χ2v) is 9.41. The molecule has 2 heterocycles. The van der Waals surface area contributed by atoms with Gasteiger partial charge < -0.3 is 24.4 Å². The van der Waals surface area contributed by atoms with Crippen molar-refractivity contribution >= 4 is 17.4 Å². The second-order valence-electron chi connectivity index (χ2n) is 9.41. The zero-order valence-electron chi connectivity index (χ0n) is 20.5. The summed E-state index contributed by atoms with van der Waals surface area (Å²) in [4.78, 5) is 29.1. The van der Waals surface area contributed by atoms with Crippen LogP contribution >= 0.6 is 0 Å². The van der Waals surface area contributed by atoms with Crippen LogP contribution in [0.1, 0.15) is 36.1 Å². The number of benzene rings is 2. The van der Waals surface area contributed by atoms with Gasteiger partial charge in [0, 0.05) is 25.0 Å². The van der Waals surface area contributed by atoms with Crippen molar-refractivity contribution in [3.05, 3.63) is 77.4 Å². The summed E-state index contributed by atoms with van der Waals surface area (Å²) in [6.07, 6.45) is 3.09. The Morgan fingerprint density at radius 2 is 2.06 bits per heavy atom. The summed E-state index contributed by atoms with van der Waals surface area (Å²) in [6.45, 7) is 7.18. The van der Waals surface area contributed by atoms with Gasteiger partial charge in [-0.1, -0.05) is 36.6 Å². The number of hydrogen-bond acceptors (Lipinski definition) is 5. The van der Waals surface area contributed by atoms with Crippen LogP contribution in [0.2, 0.25) is 0 Å². The number of carbonyl (C=O) groups excluding carboxylic acids is 2. The van der Waals surface area contributed by atoms with Gasteiger partial charge in [0.05, 0.1) is 26.7 Å². The molecule has 2 aliphatic rings. The Labute approximate surface area is 206 Å². The average molecular weight is 477 g/mol. The van der Waals surface area contributed by atoms with Crippen molar-refractivity contribution in [2.45, 2.75) is 31.9 Å². The van der Waals surface area contributed by atoms with Gasteiger partial charge in [-0.05, 0) is 47.9 Å². The maximum atomic E-state index is 13.7. The van der Waals surface area contributed by atoms with Gasteiger partial charge in [-0.15, -0.1) is 0 Å². The van der Waals surface area contributed by atoms with Crippen LogP contribution in [0.5, 0.6) is 11.5 Å². The normalized spacial score (nSPS) is 20.7. The number of nitrogens with zero attached hydrogens (tertiary/aromatic N) is 1. The average Bonchev–Trinajstić information content (AvgIpc) is 3.33. The lowest BCUT2D eigenvalue weighted by molar-refractivity contribution is -0.858. The van der Waals surface area contributed by atoms with Crippen molar-refractivity contribution in [3.63, 3.8) is 0 Å². The zero-order valence-corrected chi connectivity index (χ0v) is 20.5. The lowest BCUT2D eigenvalue weighted by Crippen LogP contribution is -3.05. The Morgan fingerprint density at radius 3 is 2.80 bits per heavy atom. The zero-order chi connectivity index (χ0) is 25.1. The van der Waals surface area contributed by atoms with Crippen LogP contribution in [0, 0.1) is 0 Å². The fraction of sp³-hybridized carbons (Fsp3) is 0.357. The fourth-order valence-corrected chi connectivity index (χ4v) is 4.70. The molecule has 2 unspecified atom stereocenters. The number of hydrogen-bond donors (Lipinski definition) is 1. The summed E-state index contributed by atoms with van der Waals surface area (Å²) in [6, 6.07) is 11.7. The molecule has 1 fully saturated rings. The maximum Gasteiger partial charge on any atom is 0.295 e. The number of Topliss-reactive ketones (excluding diaryl/α,β-unsaturated/α-hetero) is 1. The highest BCUT2D eigenvalue weighted by Crippen LogP contribution is 2.40. The molecule has 7 heteroatoms. The van der Waals surface area contributed by atoms with E-state index in [1.807, 2.05) is 27.1 Å². The molecule has 0 bridgehead atoms. The van der Waals surface area contributed by atoms with Crippen molar-refractivity contribution in [1.82, 2.24) is 4.90 Å². The molecule has 1 N–H and O–H groups in total. The summed E-state index contributed by atoms with van der Waals surface area (Å²) in [7, 11) is 4.07. The minimum atomic E-state index is -0.768. The van der Waals surface area contributed by atoms with Crippen LogP contribution < -0.4 is 19.5 Å². The molecule has 2 aliphatic heterocycles. The minimum absolute atomic E-state index is 0.0139. The highest BCUT2D eigenvalue weighted by atomic mass is 16.5. The van der Waals surface area contributed by atoms with Crippen molar-refractivity contribution in [2.75, 3.05) is 33.8 Å². The monoisotopic (exact) mass is 476 g/mol. The van der Waals surface area contributed by atoms with E-state index < -0.39 is 23.5 Å². The first-order chi connectivity index (χ1) is 16.8. The largest absolute Gasteiger partial charge is 0.872 e. The van der Waals surface area contributed by atoms with Crippen LogP contribution in [0.15, 0.2) is 60.7 Å². The number of carbonyl (C=O) groups is 2. The summed E-state index contributed by atoms with van der Waals surface area (Å²) in [5.74, 6) is -0.456. The standard InChI is InChI=1S/C28H32N2O5/c1-5-14-34-22-9-6-8-19(17-22)25-24(27(32)28(33)30(25)13-7-12-29(3)4)26(31)20-10-11-23-21(16-20)15-18(2)35-23/h5-6,8-11,16-18,25,31H,1,7,12-15H2,2-4H3/b26-24+. The molecular formula is C28H32N2O5. The van der Waals surface area contributed by atoms with Crippen molar-refractivity contribution in [2.24, 2.45) is 0 Å². The van der Waals surface area contributed by atoms with E-state index in [0.29, 0.717) is 42.9 Å². The summed E-state index contributed by atoms with van der Waals surface area (Å²) in [5, 5.41) is 13.7. The van der Waals surface area contributed by atoms with Gasteiger partial charge in [-0.2, -0.15) is 0 Å². The van der Waals surface area contributed by atoms with Crippen molar-refractivity contribution in [3.8, 4) is 11.5 Å². The number of likely N-dealkylation sites (tertiary alicyclic amines) is 1. The van der Waals surface area contributed by atoms with E-state index >= 15 is 0 Å². The van der Waals surface area contributed by atoms with Gasteiger partial charge in [0.15, 0.2) is 0 Å². The lowest BCUT2D eigenvalue weighted by atomic mass is 9.94. The fourth-order valence-electron chi connectivity index (χ4n) is 4.70. The summed E-state index contributed by atoms with van der Waals surface area (Å²) in [5.41, 5.74) is 1.98. The van der Waals surface area contributed by atoms with Crippen molar-refractivity contribution in [1.29, 1.82) is 0 Å². The van der Waals surface area contributed by atoms with E-state index in [0.717, 1.165) is 17.9 Å². The van der Waals surface area contributed by atoms with Crippen LogP contribution in [0.4, 0.5) is 0 Å². The molecule has 0 saturated carbocycles. The Kier molecular flexibility index (Phi) is 7.26. The first kappa shape index (κ1) is 24.5. The number of nitrogens with one attached hydrogen (secondary N) is 1. The summed E-state index contributed by atoms with van der Waals surface area (Å²) >= 11 is 0. The molecule has 0 aromatic heterocycles. The predicted octanol–water partition coefficient (Wildman–Crippen LogP) is 1.33. The maximum absolute atomic E-state index is 13.7. The number of rotatable bonds is 9. The molecule has 1 saturated heterocycles. The van der Waals surface area contributed by atoms with Crippen LogP contribution in [-0.4, -0.2) is 56.5 Å². The lowest BCUT2D eigenvalue weighted by Gasteiger charge is -2.28. The molecule has 1 amide bonds. The third kappa shape index (κ3) is 5.10. The van der Waals surface area contributed by atoms with Gasteiger partial charge in [0.25, 0.3) is 5.91 Å². The Balaban J connectivity index is 1.78. The molecule has 35 heavy (non-hydrogen) atoms. The quantitative estimate of drug-likeness (QED) is 0.256. The molecule has 0 aliphatic carbocycles. The number of ether oxygens (including phenoxy) is 2. The van der Waals surface area contributed by atoms with Gasteiger partial charge in [-0.25, -0.2) is 0 Å². The number of fused-ring (bicyclic) bond motifs is 1. The third-order valence-electron chi connectivity index (χ3n) is 6.31. The highest BCUT2D eigenvalue weighted by Gasteiger charge is 2.44. The topological polar surface area (TPSA) is 83.3 Å². The molecule has 0 radical (unpaired) electrons. The molecule has 2 aromatic carbocycles. The number of quaternary nitrogens is 1. The molecular weight excluding hydrogens is 444 g/mol. The molecule has 7 nitrogen and oxygen atoms in total. The SMILES string of the molecule is C=CCOc1cccc(C2/C(=C(\[O-])c3ccc4c(c3)CC(C)O4)C(=O)C(=O)N2CCC[NH+](C)C)c1. The van der Waals surface area contributed by atoms with Crippen LogP contribution in [-0.2, 0) is 16.0 Å². The molecule has 4 rings (SSSR count). The van der Waals surface area contributed by atoms with Crippen LogP contribution in [0.3, 0.4) is 0 Å². The van der Waals surface area contributed by atoms with E-state index in [1.54, 1.807) is 42.5 Å². The highest BCUT2D eigenvalue weighted by molar-refractivity contribution is 6.46. The van der Waals surface area contributed by atoms with E-state index in [1.165, 1.54) is 9.80 Å². The minimum Gasteiger partial charge on any atom is -0.872 e. The van der Waals surface area contributed by atoms with Gasteiger partial charge in [0.1, 0.15) is 24.2 Å². The Hall–Kier alpha value is -3.58. The molecule has 2 aromatic rings. The van der Waals surface area contributed by atoms with E-state index in [-0.39, 0.29) is 11.7 Å². The third-order valence-corrected chi connectivity index (χ3v) is 6.31. The number of amides is 1.